The van der Waals surface area contributed by atoms with Crippen LogP contribution in [0.1, 0.15) is 25.7 Å². The number of likely N-dealkylation sites (tertiary alicyclic amines) is 1. The van der Waals surface area contributed by atoms with E-state index >= 15 is 0 Å². The Balaban J connectivity index is 2.09. The van der Waals surface area contributed by atoms with E-state index in [0.717, 1.165) is 19.3 Å². The van der Waals surface area contributed by atoms with Crippen molar-refractivity contribution in [1.82, 2.24) is 4.90 Å². The van der Waals surface area contributed by atoms with E-state index in [2.05, 4.69) is 5.32 Å². The third-order valence-electron chi connectivity index (χ3n) is 3.17. The molecule has 0 aromatic heterocycles. The van der Waals surface area contributed by atoms with Crippen molar-refractivity contribution in [3.8, 4) is 5.75 Å². The summed E-state index contributed by atoms with van der Waals surface area (Å²) in [6.07, 6.45) is 3.16. The molecule has 1 heterocycles. The number of benzene rings is 1. The van der Waals surface area contributed by atoms with Crippen molar-refractivity contribution in [3.05, 3.63) is 24.3 Å². The number of methoxy groups -OCH3 is 1. The molecule has 1 aromatic rings. The van der Waals surface area contributed by atoms with E-state index in [1.54, 1.807) is 19.2 Å². The van der Waals surface area contributed by atoms with Gasteiger partial charge < -0.3 is 10.1 Å². The van der Waals surface area contributed by atoms with Crippen molar-refractivity contribution in [3.63, 3.8) is 0 Å². The standard InChI is InChI=1S/C14H18N2O3/c1-19-12-8-5-4-7-11(12)15-14(18)16-10-6-2-3-9-13(16)17/h4-5,7-8H,2-3,6,9-10H2,1H3,(H,15,18). The molecule has 102 valence electrons. The summed E-state index contributed by atoms with van der Waals surface area (Å²) in [7, 11) is 1.54. The molecule has 19 heavy (non-hydrogen) atoms. The molecule has 1 aliphatic rings. The predicted molar refractivity (Wildman–Crippen MR) is 72.2 cm³/mol. The van der Waals surface area contributed by atoms with Gasteiger partial charge in [-0.05, 0) is 25.0 Å². The van der Waals surface area contributed by atoms with Crippen LogP contribution in [0.3, 0.4) is 0 Å². The monoisotopic (exact) mass is 262 g/mol. The van der Waals surface area contributed by atoms with Gasteiger partial charge in [0.2, 0.25) is 5.91 Å². The van der Waals surface area contributed by atoms with Crippen molar-refractivity contribution >= 4 is 17.6 Å². The van der Waals surface area contributed by atoms with Crippen LogP contribution in [0.2, 0.25) is 0 Å². The zero-order valence-corrected chi connectivity index (χ0v) is 11.0. The van der Waals surface area contributed by atoms with E-state index in [4.69, 9.17) is 4.74 Å². The van der Waals surface area contributed by atoms with Crippen LogP contribution >= 0.6 is 0 Å². The van der Waals surface area contributed by atoms with Gasteiger partial charge in [-0.2, -0.15) is 0 Å². The quantitative estimate of drug-likeness (QED) is 0.891. The van der Waals surface area contributed by atoms with E-state index in [9.17, 15) is 9.59 Å². The first-order chi connectivity index (χ1) is 9.22. The number of carbonyl (C=O) groups excluding carboxylic acids is 2. The Kier molecular flexibility index (Phi) is 4.39. The predicted octanol–water partition coefficient (Wildman–Crippen LogP) is 2.63. The molecule has 5 nitrogen and oxygen atoms in total. The number of hydrogen-bond donors (Lipinski definition) is 1. The zero-order chi connectivity index (χ0) is 13.7. The normalized spacial score (nSPS) is 15.8. The SMILES string of the molecule is COc1ccccc1NC(=O)N1CCCCCC1=O. The van der Waals surface area contributed by atoms with Crippen LogP contribution in [0.4, 0.5) is 10.5 Å². The van der Waals surface area contributed by atoms with Crippen LogP contribution in [-0.4, -0.2) is 30.5 Å². The van der Waals surface area contributed by atoms with E-state index in [-0.39, 0.29) is 11.9 Å². The topological polar surface area (TPSA) is 58.6 Å². The van der Waals surface area contributed by atoms with E-state index in [0.29, 0.717) is 24.4 Å². The second kappa shape index (κ2) is 6.22. The largest absolute Gasteiger partial charge is 0.495 e. The number of amides is 3. The fraction of sp³-hybridized carbons (Fsp3) is 0.429. The number of para-hydroxylation sites is 2. The minimum absolute atomic E-state index is 0.107. The Labute approximate surface area is 112 Å². The van der Waals surface area contributed by atoms with Gasteiger partial charge in [0.25, 0.3) is 0 Å². The molecule has 0 aliphatic carbocycles. The minimum atomic E-state index is -0.378. The molecule has 1 aromatic carbocycles. The summed E-state index contributed by atoms with van der Waals surface area (Å²) in [5.74, 6) is 0.475. The summed E-state index contributed by atoms with van der Waals surface area (Å²) >= 11 is 0. The van der Waals surface area contributed by atoms with Gasteiger partial charge in [0.15, 0.2) is 0 Å². The first-order valence-corrected chi connectivity index (χ1v) is 6.46. The number of nitrogens with one attached hydrogen (secondary N) is 1. The number of imide groups is 1. The highest BCUT2D eigenvalue weighted by atomic mass is 16.5. The molecule has 1 saturated heterocycles. The van der Waals surface area contributed by atoms with Crippen LogP contribution in [0.25, 0.3) is 0 Å². The molecular weight excluding hydrogens is 244 g/mol. The van der Waals surface area contributed by atoms with Crippen LogP contribution < -0.4 is 10.1 Å². The van der Waals surface area contributed by atoms with Gasteiger partial charge in [-0.1, -0.05) is 18.6 Å². The lowest BCUT2D eigenvalue weighted by Gasteiger charge is -2.19. The number of rotatable bonds is 2. The third-order valence-corrected chi connectivity index (χ3v) is 3.17. The van der Waals surface area contributed by atoms with E-state index in [1.807, 2.05) is 12.1 Å². The average molecular weight is 262 g/mol. The Morgan fingerprint density at radius 3 is 2.84 bits per heavy atom. The summed E-state index contributed by atoms with van der Waals surface area (Å²) in [6.45, 7) is 0.486. The molecule has 1 N–H and O–H groups in total. The molecular formula is C14H18N2O3. The molecule has 2 rings (SSSR count). The first-order valence-electron chi connectivity index (χ1n) is 6.46. The Hall–Kier alpha value is -2.04. The van der Waals surface area contributed by atoms with Gasteiger partial charge in [-0.3, -0.25) is 9.69 Å². The maximum atomic E-state index is 12.1. The summed E-state index contributed by atoms with van der Waals surface area (Å²) in [5, 5.41) is 2.73. The number of hydrogen-bond acceptors (Lipinski definition) is 3. The zero-order valence-electron chi connectivity index (χ0n) is 11.0. The van der Waals surface area contributed by atoms with Gasteiger partial charge in [0, 0.05) is 13.0 Å². The fourth-order valence-electron chi connectivity index (χ4n) is 2.13. The van der Waals surface area contributed by atoms with Gasteiger partial charge >= 0.3 is 6.03 Å². The molecule has 0 saturated carbocycles. The number of urea groups is 1. The van der Waals surface area contributed by atoms with Gasteiger partial charge in [-0.25, -0.2) is 4.79 Å². The van der Waals surface area contributed by atoms with E-state index < -0.39 is 0 Å². The van der Waals surface area contributed by atoms with Gasteiger partial charge in [0.1, 0.15) is 5.75 Å². The highest BCUT2D eigenvalue weighted by molar-refractivity contribution is 6.01. The van der Waals surface area contributed by atoms with Crippen LogP contribution in [0.15, 0.2) is 24.3 Å². The number of anilines is 1. The van der Waals surface area contributed by atoms with Crippen molar-refractivity contribution in [2.75, 3.05) is 19.0 Å². The lowest BCUT2D eigenvalue weighted by molar-refractivity contribution is -0.127. The van der Waals surface area contributed by atoms with Crippen LogP contribution in [-0.2, 0) is 4.79 Å². The minimum Gasteiger partial charge on any atom is -0.495 e. The lowest BCUT2D eigenvalue weighted by atomic mass is 10.2. The average Bonchev–Trinajstić information content (AvgIpc) is 2.64. The number of ether oxygens (including phenoxy) is 1. The van der Waals surface area contributed by atoms with Crippen molar-refractivity contribution in [2.45, 2.75) is 25.7 Å². The molecule has 1 fully saturated rings. The smallest absolute Gasteiger partial charge is 0.328 e. The molecule has 0 atom stereocenters. The second-order valence-electron chi connectivity index (χ2n) is 4.49. The summed E-state index contributed by atoms with van der Waals surface area (Å²) in [5.41, 5.74) is 0.576. The maximum Gasteiger partial charge on any atom is 0.328 e. The van der Waals surface area contributed by atoms with Crippen LogP contribution in [0, 0.1) is 0 Å². The Morgan fingerprint density at radius 1 is 1.26 bits per heavy atom. The molecule has 0 spiro atoms. The fourth-order valence-corrected chi connectivity index (χ4v) is 2.13. The Morgan fingerprint density at radius 2 is 2.05 bits per heavy atom. The third kappa shape index (κ3) is 3.24. The molecule has 5 heteroatoms. The molecule has 1 aliphatic heterocycles. The van der Waals surface area contributed by atoms with Crippen molar-refractivity contribution < 1.29 is 14.3 Å². The van der Waals surface area contributed by atoms with Crippen molar-refractivity contribution in [2.24, 2.45) is 0 Å². The number of carbonyl (C=O) groups is 2. The summed E-state index contributed by atoms with van der Waals surface area (Å²) in [6, 6.07) is 6.77. The highest BCUT2D eigenvalue weighted by Crippen LogP contribution is 2.23. The van der Waals surface area contributed by atoms with Crippen LogP contribution in [0.5, 0.6) is 5.75 Å². The van der Waals surface area contributed by atoms with Crippen molar-refractivity contribution in [1.29, 1.82) is 0 Å². The Bertz CT molecular complexity index is 474. The maximum absolute atomic E-state index is 12.1. The summed E-state index contributed by atoms with van der Waals surface area (Å²) < 4.78 is 5.17. The molecule has 0 radical (unpaired) electrons. The lowest BCUT2D eigenvalue weighted by Crippen LogP contribution is -2.39. The van der Waals surface area contributed by atoms with E-state index in [1.165, 1.54) is 4.90 Å². The highest BCUT2D eigenvalue weighted by Gasteiger charge is 2.23. The van der Waals surface area contributed by atoms with Gasteiger partial charge in [-0.15, -0.1) is 0 Å². The summed E-state index contributed by atoms with van der Waals surface area (Å²) in [4.78, 5) is 25.3. The first kappa shape index (κ1) is 13.4. The van der Waals surface area contributed by atoms with Gasteiger partial charge in [0.05, 0.1) is 12.8 Å². The molecule has 0 unspecified atom stereocenters. The number of nitrogens with zero attached hydrogens (tertiary/aromatic N) is 1. The molecule has 3 amide bonds. The second-order valence-corrected chi connectivity index (χ2v) is 4.49. The molecule has 0 bridgehead atoms.